The lowest BCUT2D eigenvalue weighted by atomic mass is 9.89. The van der Waals surface area contributed by atoms with E-state index in [1.54, 1.807) is 6.07 Å². The van der Waals surface area contributed by atoms with Crippen molar-refractivity contribution in [1.82, 2.24) is 9.21 Å². The van der Waals surface area contributed by atoms with Gasteiger partial charge in [0.05, 0.1) is 16.0 Å². The van der Waals surface area contributed by atoms with Crippen LogP contribution in [0.2, 0.25) is 10.0 Å². The molecule has 2 aromatic rings. The van der Waals surface area contributed by atoms with Crippen molar-refractivity contribution in [3.05, 3.63) is 57.8 Å². The normalized spacial score (nSPS) is 19.6. The van der Waals surface area contributed by atoms with E-state index in [2.05, 4.69) is 5.32 Å². The number of fused-ring (bicyclic) bond motifs is 1. The second kappa shape index (κ2) is 8.38. The van der Waals surface area contributed by atoms with Crippen LogP contribution in [0.25, 0.3) is 0 Å². The van der Waals surface area contributed by atoms with Crippen molar-refractivity contribution in [1.29, 1.82) is 0 Å². The lowest BCUT2D eigenvalue weighted by molar-refractivity contribution is -0.136. The Balaban J connectivity index is 1.51. The van der Waals surface area contributed by atoms with Crippen LogP contribution >= 0.6 is 23.2 Å². The minimum atomic E-state index is -3.93. The van der Waals surface area contributed by atoms with Gasteiger partial charge >= 0.3 is 0 Å². The fraction of sp³-hybridized carbons (Fsp3) is 0.300. The number of hydrogen-bond donors (Lipinski definition) is 1. The molecule has 2 heterocycles. The Morgan fingerprint density at radius 3 is 2.35 bits per heavy atom. The summed E-state index contributed by atoms with van der Waals surface area (Å²) in [5.74, 6) is -1.92. The fourth-order valence-electron chi connectivity index (χ4n) is 3.88. The summed E-state index contributed by atoms with van der Waals surface area (Å²) in [7, 11) is -3.93. The summed E-state index contributed by atoms with van der Waals surface area (Å²) >= 11 is 12.1. The van der Waals surface area contributed by atoms with E-state index in [-0.39, 0.29) is 65.0 Å². The number of nitrogens with one attached hydrogen (secondary N) is 1. The summed E-state index contributed by atoms with van der Waals surface area (Å²) in [6.07, 6.45) is -0.0504. The number of nitrogens with zero attached hydrogens (tertiary/aromatic N) is 2. The minimum Gasteiger partial charge on any atom is -0.340 e. The summed E-state index contributed by atoms with van der Waals surface area (Å²) in [6, 6.07) is 8.39. The number of halogens is 3. The molecule has 1 fully saturated rings. The highest BCUT2D eigenvalue weighted by Crippen LogP contribution is 2.35. The molecule has 2 aliphatic rings. The van der Waals surface area contributed by atoms with Crippen molar-refractivity contribution in [3.8, 4) is 0 Å². The third-order valence-electron chi connectivity index (χ3n) is 5.42. The van der Waals surface area contributed by atoms with Gasteiger partial charge in [-0.3, -0.25) is 9.59 Å². The summed E-state index contributed by atoms with van der Waals surface area (Å²) in [5, 5.41) is 2.64. The van der Waals surface area contributed by atoms with Crippen LogP contribution in [0.3, 0.4) is 0 Å². The number of benzene rings is 2. The van der Waals surface area contributed by atoms with Gasteiger partial charge in [0.1, 0.15) is 10.7 Å². The number of carbonyl (C=O) groups excluding carboxylic acids is 2. The number of rotatable bonds is 3. The molecule has 2 amide bonds. The van der Waals surface area contributed by atoms with Crippen molar-refractivity contribution in [2.75, 3.05) is 31.5 Å². The average molecular weight is 486 g/mol. The summed E-state index contributed by atoms with van der Waals surface area (Å²) in [6.45, 7) is 0.416. The Bertz CT molecular complexity index is 1150. The van der Waals surface area contributed by atoms with Crippen molar-refractivity contribution in [2.45, 2.75) is 17.2 Å². The maximum Gasteiger partial charge on any atom is 0.246 e. The van der Waals surface area contributed by atoms with Gasteiger partial charge in [-0.1, -0.05) is 35.3 Å². The molecule has 0 aliphatic carbocycles. The van der Waals surface area contributed by atoms with Gasteiger partial charge in [-0.2, -0.15) is 4.31 Å². The molecule has 11 heteroatoms. The van der Waals surface area contributed by atoms with Crippen LogP contribution in [-0.2, 0) is 19.6 Å². The molecule has 2 aromatic carbocycles. The second-order valence-corrected chi connectivity index (χ2v) is 10.0. The molecule has 1 N–H and O–H groups in total. The SMILES string of the molecule is O=C1C[C@@H](C(=O)N2CCN(S(=O)(=O)c3c(Cl)cccc3Cl)CC2)c2ccc(F)cc2N1. The number of piperazine rings is 1. The van der Waals surface area contributed by atoms with Crippen LogP contribution in [0.4, 0.5) is 10.1 Å². The maximum absolute atomic E-state index is 13.5. The molecule has 1 saturated heterocycles. The van der Waals surface area contributed by atoms with Crippen LogP contribution in [0, 0.1) is 5.82 Å². The van der Waals surface area contributed by atoms with E-state index in [4.69, 9.17) is 23.2 Å². The van der Waals surface area contributed by atoms with Crippen LogP contribution in [0.15, 0.2) is 41.3 Å². The topological polar surface area (TPSA) is 86.8 Å². The van der Waals surface area contributed by atoms with E-state index in [1.807, 2.05) is 0 Å². The Morgan fingerprint density at radius 2 is 1.71 bits per heavy atom. The lowest BCUT2D eigenvalue weighted by Crippen LogP contribution is -2.52. The Morgan fingerprint density at radius 1 is 1.06 bits per heavy atom. The molecule has 0 radical (unpaired) electrons. The highest BCUT2D eigenvalue weighted by atomic mass is 35.5. The molecular formula is C20H18Cl2FN3O4S. The molecule has 0 saturated carbocycles. The quantitative estimate of drug-likeness (QED) is 0.723. The first-order valence-corrected chi connectivity index (χ1v) is 11.7. The monoisotopic (exact) mass is 485 g/mol. The van der Waals surface area contributed by atoms with Crippen LogP contribution < -0.4 is 5.32 Å². The van der Waals surface area contributed by atoms with Crippen molar-refractivity contribution in [2.24, 2.45) is 0 Å². The van der Waals surface area contributed by atoms with E-state index in [0.717, 1.165) is 0 Å². The van der Waals surface area contributed by atoms with Crippen molar-refractivity contribution < 1.29 is 22.4 Å². The molecule has 4 rings (SSSR count). The minimum absolute atomic E-state index is 0.0306. The van der Waals surface area contributed by atoms with Gasteiger partial charge < -0.3 is 10.2 Å². The molecule has 164 valence electrons. The first kappa shape index (κ1) is 22.0. The molecule has 0 bridgehead atoms. The van der Waals surface area contributed by atoms with Crippen LogP contribution in [0.5, 0.6) is 0 Å². The van der Waals surface area contributed by atoms with Gasteiger partial charge in [-0.25, -0.2) is 12.8 Å². The third-order valence-corrected chi connectivity index (χ3v) is 8.27. The van der Waals surface area contributed by atoms with E-state index < -0.39 is 21.8 Å². The predicted molar refractivity (Wildman–Crippen MR) is 114 cm³/mol. The molecule has 7 nitrogen and oxygen atoms in total. The Hall–Kier alpha value is -2.20. The predicted octanol–water partition coefficient (Wildman–Crippen LogP) is 3.09. The highest BCUT2D eigenvalue weighted by Gasteiger charge is 2.37. The number of carbonyl (C=O) groups is 2. The van der Waals surface area contributed by atoms with Gasteiger partial charge in [-0.05, 0) is 29.8 Å². The smallest absolute Gasteiger partial charge is 0.246 e. The van der Waals surface area contributed by atoms with Gasteiger partial charge in [0, 0.05) is 38.3 Å². The molecule has 0 spiro atoms. The first-order chi connectivity index (χ1) is 14.7. The number of anilines is 1. The van der Waals surface area contributed by atoms with Crippen LogP contribution in [0.1, 0.15) is 17.9 Å². The van der Waals surface area contributed by atoms with Gasteiger partial charge in [0.25, 0.3) is 0 Å². The standard InChI is InChI=1S/C20H18Cl2FN3O4S/c21-15-2-1-3-16(22)19(15)31(29,30)26-8-6-25(7-9-26)20(28)14-11-18(27)24-17-10-12(23)4-5-13(14)17/h1-5,10,14H,6-9,11H2,(H,24,27)/t14-/m1/s1. The molecular weight excluding hydrogens is 468 g/mol. The van der Waals surface area contributed by atoms with Gasteiger partial charge in [0.15, 0.2) is 0 Å². The molecule has 2 aliphatic heterocycles. The second-order valence-electron chi connectivity index (χ2n) is 7.32. The third kappa shape index (κ3) is 4.15. The Labute approximate surface area is 188 Å². The number of amides is 2. The largest absolute Gasteiger partial charge is 0.340 e. The van der Waals surface area contributed by atoms with E-state index in [9.17, 15) is 22.4 Å². The maximum atomic E-state index is 13.5. The van der Waals surface area contributed by atoms with E-state index in [0.29, 0.717) is 5.56 Å². The van der Waals surface area contributed by atoms with E-state index >= 15 is 0 Å². The zero-order chi connectivity index (χ0) is 22.3. The fourth-order valence-corrected chi connectivity index (χ4v) is 6.40. The lowest BCUT2D eigenvalue weighted by Gasteiger charge is -2.37. The van der Waals surface area contributed by atoms with Crippen LogP contribution in [-0.4, -0.2) is 55.6 Å². The zero-order valence-electron chi connectivity index (χ0n) is 16.1. The molecule has 31 heavy (non-hydrogen) atoms. The number of sulfonamides is 1. The Kier molecular flexibility index (Phi) is 5.95. The molecule has 1 atom stereocenters. The summed E-state index contributed by atoms with van der Waals surface area (Å²) in [4.78, 5) is 26.5. The summed E-state index contributed by atoms with van der Waals surface area (Å²) < 4.78 is 40.8. The first-order valence-electron chi connectivity index (χ1n) is 9.50. The average Bonchev–Trinajstić information content (AvgIpc) is 2.72. The van der Waals surface area contributed by atoms with Gasteiger partial charge in [-0.15, -0.1) is 0 Å². The highest BCUT2D eigenvalue weighted by molar-refractivity contribution is 7.89. The van der Waals surface area contributed by atoms with Crippen molar-refractivity contribution >= 4 is 50.7 Å². The summed E-state index contributed by atoms with van der Waals surface area (Å²) in [5.41, 5.74) is 0.827. The van der Waals surface area contributed by atoms with E-state index in [1.165, 1.54) is 39.5 Å². The number of hydrogen-bond acceptors (Lipinski definition) is 4. The molecule has 0 unspecified atom stereocenters. The zero-order valence-corrected chi connectivity index (χ0v) is 18.5. The van der Waals surface area contributed by atoms with Crippen molar-refractivity contribution in [3.63, 3.8) is 0 Å². The molecule has 0 aromatic heterocycles. The van der Waals surface area contributed by atoms with Gasteiger partial charge in [0.2, 0.25) is 21.8 Å².